The van der Waals surface area contributed by atoms with Crippen molar-refractivity contribution in [1.29, 1.82) is 0 Å². The number of hydrogen-bond donors (Lipinski definition) is 6. The van der Waals surface area contributed by atoms with Crippen LogP contribution in [-0.4, -0.2) is 146 Å². The van der Waals surface area contributed by atoms with E-state index in [1.54, 1.807) is 26.8 Å². The number of nitrogens with one attached hydrogen (secondary N) is 1. The molecule has 0 spiro atoms. The predicted octanol–water partition coefficient (Wildman–Crippen LogP) is 12.3. The Balaban J connectivity index is -0.0000000458. The third kappa shape index (κ3) is 47.1. The number of aliphatic hydroxyl groups excluding tert-OH is 2. The lowest BCUT2D eigenvalue weighted by atomic mass is 9.81. The maximum atomic E-state index is 14.4. The predicted molar refractivity (Wildman–Crippen MR) is 515 cm³/mol. The quantitative estimate of drug-likeness (QED) is 0.00675. The molecule has 14 atom stereocenters. The molecule has 1 aliphatic carbocycles. The molecule has 3 aliphatic heterocycles. The van der Waals surface area contributed by atoms with Gasteiger partial charge in [0.2, 0.25) is 5.79 Å². The van der Waals surface area contributed by atoms with Crippen LogP contribution in [0.5, 0.6) is 0 Å². The van der Waals surface area contributed by atoms with Crippen LogP contribution in [0.2, 0.25) is 0 Å². The number of hydrogen-bond acceptors (Lipinski definition) is 30. The second-order valence-electron chi connectivity index (χ2n) is 24.9. The number of terminal acetylenes is 2. The van der Waals surface area contributed by atoms with Crippen LogP contribution in [-0.2, 0) is 117 Å². The molecule has 124 heavy (non-hydrogen) atoms. The summed E-state index contributed by atoms with van der Waals surface area (Å²) in [6.45, 7) is 10.5. The minimum absolute atomic E-state index is 0. The minimum Gasteiger partial charge on any atom is -0.456 e. The number of thiol groups is 1. The number of esters is 1. The van der Waals surface area contributed by atoms with Gasteiger partial charge in [-0.2, -0.15) is 0 Å². The fourth-order valence-electron chi connectivity index (χ4n) is 11.2. The first-order chi connectivity index (χ1) is 60.0. The van der Waals surface area contributed by atoms with Gasteiger partial charge in [-0.1, -0.05) is 61.5 Å². The molecule has 2 bridgehead atoms. The molecular weight excluding hydrogens is 1650 g/mol. The van der Waals surface area contributed by atoms with E-state index in [-0.39, 0.29) is 106 Å². The zero-order chi connectivity index (χ0) is 91.1. The average molecular weight is 1790 g/mol. The number of sulfone groups is 1. The maximum Gasteiger partial charge on any atom is 0.329 e. The Morgan fingerprint density at radius 1 is 0.581 bits per heavy atom. The standard InChI is InChI=1S/C46H73NO14S.C46H2.H3NO14S.35H2/c1-10-62(55,56)19-13-14-33-21-27(2)20-28(3)22-39(58-8)42-40(59-9)24-30(5)46(54,61-42)43(51)44(52)47-18-12-11-15-34(47)45(53)60-41(31(6)36(49)26-37(33)50)29(4)23-32-16-17-35(48)38(25-32)57-7;1-3-5-7-9-11-13-15-17-19-21-23-25-27-29-31-33-35-37-39-41-43-45-46-44-42-40-38-36-34-32-30-28-26-24-22-20-18-16-14-12-10-8-6-4-2;2-5-8-11-9-6-3-1-4-7-10-12-13-14-15-16;;;;;;;;;;;;;;;;;;;;;;;;;;;;;;;;;;;/h13,19,21,23,28,30-36,38-42,48-49,54H,10-12,14-18,20,22,24-26H2,1-9H3;1-2H;1-2,16H;35*1H/b19-13+,27-21+,29-23+;;;;;;;;;;;;;;;;;;;;;;;;;;;;;;;;;;;;;/t28-,30+,31+,32-,33+,34-,35+,36-,38+,39-,40-,41+,42+,46+;;;;;;;;;;;;;;;;;;;;;;;;;;;;;;;;;;;;;/m0...................................../s1. The third-order valence-electron chi connectivity index (χ3n) is 16.6. The second kappa shape index (κ2) is 67.5. The van der Waals surface area contributed by atoms with Crippen LogP contribution in [0, 0.1) is 303 Å². The van der Waals surface area contributed by atoms with Crippen LogP contribution in [0.25, 0.3) is 0 Å². The van der Waals surface area contributed by atoms with Crippen molar-refractivity contribution in [2.24, 2.45) is 29.6 Å². The molecule has 5 N–H and O–H groups in total. The van der Waals surface area contributed by atoms with Crippen LogP contribution >= 0.6 is 12.9 Å². The van der Waals surface area contributed by atoms with E-state index < -0.39 is 99.8 Å². The molecule has 2 saturated heterocycles. The molecule has 1 amide bonds. The number of carbonyl (C=O) groups is 4. The Bertz CT molecular complexity index is 5390. The van der Waals surface area contributed by atoms with Crippen molar-refractivity contribution in [2.75, 3.05) is 33.6 Å². The zero-order valence-electron chi connectivity index (χ0n) is 68.1. The number of cyclic esters (lactones) is 1. The van der Waals surface area contributed by atoms with Gasteiger partial charge in [0.05, 0.1) is 36.3 Å². The van der Waals surface area contributed by atoms with Crippen molar-refractivity contribution in [2.45, 2.75) is 167 Å². The number of amides is 1. The Morgan fingerprint density at radius 3 is 1.42 bits per heavy atom. The summed E-state index contributed by atoms with van der Waals surface area (Å²) in [5.74, 6) is 99.4. The highest BCUT2D eigenvalue weighted by molar-refractivity contribution is 7.94. The number of fused-ring (bicyclic) bond motifs is 3. The van der Waals surface area contributed by atoms with Crippen LogP contribution < -0.4 is 5.64 Å². The first kappa shape index (κ1) is 107. The lowest BCUT2D eigenvalue weighted by Crippen LogP contribution is -2.64. The molecule has 30 nitrogen and oxygen atoms in total. The molecule has 0 aromatic rings. The van der Waals surface area contributed by atoms with E-state index in [4.69, 9.17) is 41.8 Å². The monoisotopic (exact) mass is 1790 g/mol. The van der Waals surface area contributed by atoms with Gasteiger partial charge in [0.25, 0.3) is 11.7 Å². The summed E-state index contributed by atoms with van der Waals surface area (Å²) in [4.78, 5) is 65.7. The highest BCUT2D eigenvalue weighted by Crippen LogP contribution is 2.40. The summed E-state index contributed by atoms with van der Waals surface area (Å²) in [7, 11) is 1.05. The molecule has 4 rings (SSSR count). The Labute approximate surface area is 779 Å². The summed E-state index contributed by atoms with van der Waals surface area (Å²) in [6, 6.07) is -1.19. The molecule has 0 aromatic heterocycles. The Kier molecular flexibility index (Phi) is 58.1. The van der Waals surface area contributed by atoms with Crippen molar-refractivity contribution < 1.29 is 186 Å². The molecular formula is C92H148N2O28S2. The van der Waals surface area contributed by atoms with E-state index in [1.165, 1.54) is 40.0 Å². The second-order valence-corrected chi connectivity index (χ2v) is 27.2. The first-order valence-electron chi connectivity index (χ1n) is 36.3. The SMILES string of the molecule is C#CC#CC#CC#CC#CC#CC#CC#CC#CC#CC#CC#CC#CC#CC#CC#CC#CC#CC#CC#CC#CC#CC#C.CCS(=O)(=O)/C=C/C[C@@H]1/C=C(\C)C[C@H](C)C[C@H](OC)[C@H]2O[C@@](O)(C(=O)C(=O)N3CCCC[C@H]3C(=O)O[C@H](/C(C)=C/[C@@H]3CC[C@@H](O)[C@H](OC)C3)[C@H](C)[C@@H](O)CC1=O)[C@H](C)C[C@@H]2OC.OOOOOOONOOOOOOOS.[HH].[HH].[HH].[HH].[HH].[HH].[HH].[HH].[HH].[HH].[HH].[HH].[HH].[HH].[HH].[HH].[HH].[HH].[HH].[HH].[HH].[HH].[HH].[HH].[HH].[HH].[HH].[HH].[HH].[HH].[HH].[HH].[HH].[HH].[HH]. The van der Waals surface area contributed by atoms with Crippen molar-refractivity contribution in [3.05, 3.63) is 34.8 Å². The number of allylic oxidation sites excluding steroid dienone is 4. The number of ketones is 2. The van der Waals surface area contributed by atoms with E-state index in [0.29, 0.717) is 50.5 Å². The Morgan fingerprint density at radius 2 is 1.00 bits per heavy atom. The lowest BCUT2D eigenvalue weighted by molar-refractivity contribution is -0.814. The number of piperidine rings is 1. The summed E-state index contributed by atoms with van der Waals surface area (Å²) in [5, 5.41) is 77.2. The molecule has 3 heterocycles. The van der Waals surface area contributed by atoms with Crippen molar-refractivity contribution in [3.8, 4) is 273 Å². The van der Waals surface area contributed by atoms with Crippen molar-refractivity contribution in [1.82, 2.24) is 10.5 Å². The molecule has 706 valence electrons. The number of ether oxygens (including phenoxy) is 5. The molecule has 0 aromatic carbocycles. The lowest BCUT2D eigenvalue weighted by Gasteiger charge is -2.47. The van der Waals surface area contributed by atoms with Gasteiger partial charge >= 0.3 is 5.97 Å². The fourth-order valence-corrected chi connectivity index (χ4v) is 11.8. The third-order valence-corrected chi connectivity index (χ3v) is 18.1. The van der Waals surface area contributed by atoms with E-state index in [1.807, 2.05) is 19.9 Å². The van der Waals surface area contributed by atoms with Gasteiger partial charge in [0.1, 0.15) is 24.0 Å². The summed E-state index contributed by atoms with van der Waals surface area (Å²) in [6.07, 6.45) is 13.0. The van der Waals surface area contributed by atoms with Gasteiger partial charge < -0.3 is 43.9 Å². The van der Waals surface area contributed by atoms with Crippen LogP contribution in [0.15, 0.2) is 34.8 Å². The molecule has 32 heteroatoms. The molecule has 0 radical (unpaired) electrons. The fraction of sp³-hybridized carbons (Fsp3) is 0.391. The van der Waals surface area contributed by atoms with Crippen molar-refractivity contribution in [3.63, 3.8) is 0 Å². The molecule has 0 unspecified atom stereocenters. The number of aliphatic hydroxyl groups is 3. The maximum absolute atomic E-state index is 14.4. The minimum atomic E-state index is -3.48. The van der Waals surface area contributed by atoms with Crippen molar-refractivity contribution >= 4 is 46.2 Å². The van der Waals surface area contributed by atoms with Crippen LogP contribution in [0.4, 0.5) is 0 Å². The van der Waals surface area contributed by atoms with Gasteiger partial charge in [-0.25, -0.2) is 18.5 Å². The summed E-state index contributed by atoms with van der Waals surface area (Å²) < 4.78 is 58.1. The summed E-state index contributed by atoms with van der Waals surface area (Å²) in [5.41, 5.74) is 2.82. The molecule has 1 saturated carbocycles. The van der Waals surface area contributed by atoms with E-state index in [9.17, 15) is 42.9 Å². The highest BCUT2D eigenvalue weighted by atomic mass is 32.2. The average Bonchev–Trinajstić information content (AvgIpc) is 0.870. The Hall–Kier alpha value is -13.2. The van der Waals surface area contributed by atoms with Gasteiger partial charge in [-0.15, -0.1) is 17.2 Å². The molecule has 3 fully saturated rings. The number of Topliss-reactive ketones (excluding diaryl/α,β-unsaturated/α-hetero) is 2. The highest BCUT2D eigenvalue weighted by Gasteiger charge is 2.57. The number of carbonyl (C=O) groups excluding carboxylic acids is 4. The van der Waals surface area contributed by atoms with E-state index in [2.05, 4.69) is 338 Å². The van der Waals surface area contributed by atoms with Gasteiger partial charge in [-0.05, 0) is 246 Å². The van der Waals surface area contributed by atoms with E-state index in [0.717, 1.165) is 15.9 Å². The number of nitrogens with zero attached hydrogens (tertiary/aromatic N) is 1. The van der Waals surface area contributed by atoms with Crippen LogP contribution in [0.1, 0.15) is 162 Å². The van der Waals surface area contributed by atoms with Gasteiger partial charge in [0, 0.05) is 286 Å². The van der Waals surface area contributed by atoms with Gasteiger partial charge in [-0.3, -0.25) is 14.4 Å². The largest absolute Gasteiger partial charge is 0.456 e. The van der Waals surface area contributed by atoms with Gasteiger partial charge in [0.15, 0.2) is 9.84 Å². The van der Waals surface area contributed by atoms with Crippen LogP contribution in [0.3, 0.4) is 0 Å². The number of methoxy groups -OCH3 is 3. The summed E-state index contributed by atoms with van der Waals surface area (Å²) >= 11 is 3.06. The topological polar surface area (TPSA) is 365 Å². The molecule has 4 aliphatic rings. The first-order valence-corrected chi connectivity index (χ1v) is 38.4. The number of rotatable bonds is 22. The smallest absolute Gasteiger partial charge is 0.329 e. The van der Waals surface area contributed by atoms with E-state index >= 15 is 0 Å². The normalized spacial score (nSPS) is 22.4. The zero-order valence-corrected chi connectivity index (χ0v) is 69.8.